The molecule has 0 spiro atoms. The SMILES string of the molecule is COC(=O)[C@H](CO)NC(=O)c1cc(C)c(Br)cn1. The summed E-state index contributed by atoms with van der Waals surface area (Å²) in [5.74, 6) is -1.25. The molecule has 1 heterocycles. The van der Waals surface area contributed by atoms with Gasteiger partial charge in [-0.1, -0.05) is 0 Å². The first-order valence-electron chi connectivity index (χ1n) is 5.11. The molecule has 0 aliphatic carbocycles. The maximum atomic E-state index is 11.8. The lowest BCUT2D eigenvalue weighted by Gasteiger charge is -2.13. The summed E-state index contributed by atoms with van der Waals surface area (Å²) in [5.41, 5.74) is 1.01. The van der Waals surface area contributed by atoms with Crippen molar-refractivity contribution < 1.29 is 19.4 Å². The van der Waals surface area contributed by atoms with Gasteiger partial charge in [0.15, 0.2) is 6.04 Å². The number of carbonyl (C=O) groups is 2. The smallest absolute Gasteiger partial charge is 0.330 e. The Kier molecular flexibility index (Phi) is 5.24. The monoisotopic (exact) mass is 316 g/mol. The third-order valence-corrected chi connectivity index (χ3v) is 3.08. The molecule has 0 saturated heterocycles. The fourth-order valence-corrected chi connectivity index (χ4v) is 1.43. The lowest BCUT2D eigenvalue weighted by Crippen LogP contribution is -2.44. The number of aliphatic hydroxyl groups is 1. The number of amides is 1. The predicted octanol–water partition coefficient (Wildman–Crippen LogP) is 0.416. The molecule has 0 saturated carbocycles. The molecule has 0 aromatic carbocycles. The predicted molar refractivity (Wildman–Crippen MR) is 67.0 cm³/mol. The van der Waals surface area contributed by atoms with E-state index in [0.29, 0.717) is 0 Å². The lowest BCUT2D eigenvalue weighted by molar-refractivity contribution is -0.143. The second-order valence-corrected chi connectivity index (χ2v) is 4.40. The zero-order chi connectivity index (χ0) is 13.7. The highest BCUT2D eigenvalue weighted by Gasteiger charge is 2.21. The number of aromatic nitrogens is 1. The molecule has 6 nitrogen and oxygen atoms in total. The molecular weight excluding hydrogens is 304 g/mol. The molecule has 1 atom stereocenters. The van der Waals surface area contributed by atoms with E-state index in [0.717, 1.165) is 10.0 Å². The summed E-state index contributed by atoms with van der Waals surface area (Å²) in [7, 11) is 1.18. The number of aliphatic hydroxyl groups excluding tert-OH is 1. The summed E-state index contributed by atoms with van der Waals surface area (Å²) >= 11 is 3.27. The van der Waals surface area contributed by atoms with Crippen molar-refractivity contribution in [3.63, 3.8) is 0 Å². The highest BCUT2D eigenvalue weighted by Crippen LogP contribution is 2.14. The van der Waals surface area contributed by atoms with Crippen LogP contribution in [0.3, 0.4) is 0 Å². The Hall–Kier alpha value is -1.47. The van der Waals surface area contributed by atoms with Crippen LogP contribution in [0.1, 0.15) is 16.1 Å². The van der Waals surface area contributed by atoms with Crippen LogP contribution in [-0.4, -0.2) is 41.7 Å². The van der Waals surface area contributed by atoms with Crippen molar-refractivity contribution in [3.8, 4) is 0 Å². The number of rotatable bonds is 4. The van der Waals surface area contributed by atoms with Crippen LogP contribution in [0.2, 0.25) is 0 Å². The van der Waals surface area contributed by atoms with Crippen molar-refractivity contribution in [2.75, 3.05) is 13.7 Å². The molecule has 1 rings (SSSR count). The van der Waals surface area contributed by atoms with Gasteiger partial charge in [-0.15, -0.1) is 0 Å². The second kappa shape index (κ2) is 6.46. The topological polar surface area (TPSA) is 88.5 Å². The third-order valence-electron chi connectivity index (χ3n) is 2.25. The van der Waals surface area contributed by atoms with Crippen molar-refractivity contribution in [2.45, 2.75) is 13.0 Å². The second-order valence-electron chi connectivity index (χ2n) is 3.55. The van der Waals surface area contributed by atoms with E-state index in [4.69, 9.17) is 5.11 Å². The van der Waals surface area contributed by atoms with E-state index in [1.54, 1.807) is 6.07 Å². The molecule has 0 fully saturated rings. The van der Waals surface area contributed by atoms with Crippen molar-refractivity contribution in [2.24, 2.45) is 0 Å². The molecule has 98 valence electrons. The quantitative estimate of drug-likeness (QED) is 0.786. The van der Waals surface area contributed by atoms with E-state index in [1.165, 1.54) is 13.3 Å². The summed E-state index contributed by atoms with van der Waals surface area (Å²) in [5, 5.41) is 11.3. The van der Waals surface area contributed by atoms with Crippen LogP contribution in [0.5, 0.6) is 0 Å². The Morgan fingerprint density at radius 1 is 1.61 bits per heavy atom. The Morgan fingerprint density at radius 2 is 2.28 bits per heavy atom. The van der Waals surface area contributed by atoms with E-state index in [2.05, 4.69) is 31.0 Å². The summed E-state index contributed by atoms with van der Waals surface area (Å²) in [4.78, 5) is 26.9. The Labute approximate surface area is 112 Å². The molecule has 0 bridgehead atoms. The van der Waals surface area contributed by atoms with Crippen molar-refractivity contribution in [1.82, 2.24) is 10.3 Å². The summed E-state index contributed by atoms with van der Waals surface area (Å²) in [6.07, 6.45) is 1.50. The van der Waals surface area contributed by atoms with Gasteiger partial charge < -0.3 is 15.2 Å². The van der Waals surface area contributed by atoms with Crippen LogP contribution in [0.4, 0.5) is 0 Å². The maximum absolute atomic E-state index is 11.8. The van der Waals surface area contributed by atoms with Crippen LogP contribution in [0.25, 0.3) is 0 Å². The molecule has 1 amide bonds. The maximum Gasteiger partial charge on any atom is 0.330 e. The van der Waals surface area contributed by atoms with Crippen molar-refractivity contribution in [1.29, 1.82) is 0 Å². The number of esters is 1. The lowest BCUT2D eigenvalue weighted by atomic mass is 10.2. The van der Waals surface area contributed by atoms with Crippen molar-refractivity contribution in [3.05, 3.63) is 28.0 Å². The molecule has 1 aromatic heterocycles. The molecule has 2 N–H and O–H groups in total. The number of pyridine rings is 1. The van der Waals surface area contributed by atoms with Gasteiger partial charge in [-0.3, -0.25) is 4.79 Å². The van der Waals surface area contributed by atoms with E-state index in [-0.39, 0.29) is 5.69 Å². The highest BCUT2D eigenvalue weighted by atomic mass is 79.9. The molecule has 0 aliphatic heterocycles. The van der Waals surface area contributed by atoms with Gasteiger partial charge in [0.1, 0.15) is 5.69 Å². The van der Waals surface area contributed by atoms with Crippen LogP contribution < -0.4 is 5.32 Å². The van der Waals surface area contributed by atoms with Gasteiger partial charge in [-0.2, -0.15) is 0 Å². The number of nitrogens with zero attached hydrogens (tertiary/aromatic N) is 1. The third kappa shape index (κ3) is 3.51. The average molecular weight is 317 g/mol. The molecule has 7 heteroatoms. The largest absolute Gasteiger partial charge is 0.467 e. The van der Waals surface area contributed by atoms with Crippen LogP contribution in [0.15, 0.2) is 16.7 Å². The van der Waals surface area contributed by atoms with E-state index < -0.39 is 24.5 Å². The summed E-state index contributed by atoms with van der Waals surface area (Å²) in [6.45, 7) is 1.28. The Morgan fingerprint density at radius 3 is 2.78 bits per heavy atom. The van der Waals surface area contributed by atoms with Gasteiger partial charge in [0, 0.05) is 10.7 Å². The van der Waals surface area contributed by atoms with Gasteiger partial charge in [-0.05, 0) is 34.5 Å². The number of hydrogen-bond donors (Lipinski definition) is 2. The first-order valence-corrected chi connectivity index (χ1v) is 5.90. The van der Waals surface area contributed by atoms with Crippen LogP contribution in [0, 0.1) is 6.92 Å². The van der Waals surface area contributed by atoms with E-state index in [9.17, 15) is 9.59 Å². The molecule has 0 aliphatic rings. The van der Waals surface area contributed by atoms with Gasteiger partial charge in [0.25, 0.3) is 5.91 Å². The zero-order valence-electron chi connectivity index (χ0n) is 9.94. The Balaban J connectivity index is 2.81. The summed E-state index contributed by atoms with van der Waals surface area (Å²) in [6, 6.07) is 0.485. The number of carbonyl (C=O) groups excluding carboxylic acids is 2. The number of aryl methyl sites for hydroxylation is 1. The minimum atomic E-state index is -1.09. The Bertz CT molecular complexity index is 464. The van der Waals surface area contributed by atoms with Gasteiger partial charge in [0.2, 0.25) is 0 Å². The number of methoxy groups -OCH3 is 1. The first kappa shape index (κ1) is 14.6. The number of halogens is 1. The van der Waals surface area contributed by atoms with E-state index >= 15 is 0 Å². The average Bonchev–Trinajstić information content (AvgIpc) is 2.37. The molecule has 18 heavy (non-hydrogen) atoms. The number of hydrogen-bond acceptors (Lipinski definition) is 5. The number of nitrogens with one attached hydrogen (secondary N) is 1. The van der Waals surface area contributed by atoms with E-state index in [1.807, 2.05) is 6.92 Å². The minimum Gasteiger partial charge on any atom is -0.467 e. The normalized spacial score (nSPS) is 11.8. The van der Waals surface area contributed by atoms with Crippen LogP contribution in [-0.2, 0) is 9.53 Å². The summed E-state index contributed by atoms with van der Waals surface area (Å²) < 4.78 is 5.22. The van der Waals surface area contributed by atoms with Crippen LogP contribution >= 0.6 is 15.9 Å². The highest BCUT2D eigenvalue weighted by molar-refractivity contribution is 9.10. The van der Waals surface area contributed by atoms with Gasteiger partial charge >= 0.3 is 5.97 Å². The molecule has 0 radical (unpaired) electrons. The zero-order valence-corrected chi connectivity index (χ0v) is 11.5. The fourth-order valence-electron chi connectivity index (χ4n) is 1.22. The standard InChI is InChI=1S/C11H13BrN2O4/c1-6-3-8(13-4-7(6)12)10(16)14-9(5-15)11(17)18-2/h3-4,9,15H,5H2,1-2H3,(H,14,16)/t9-/m0/s1. The molecule has 0 unspecified atom stereocenters. The molecular formula is C11H13BrN2O4. The number of ether oxygens (including phenoxy) is 1. The fraction of sp³-hybridized carbons (Fsp3) is 0.364. The minimum absolute atomic E-state index is 0.165. The van der Waals surface area contributed by atoms with Gasteiger partial charge in [-0.25, -0.2) is 9.78 Å². The van der Waals surface area contributed by atoms with Gasteiger partial charge in [0.05, 0.1) is 13.7 Å². The van der Waals surface area contributed by atoms with Crippen molar-refractivity contribution >= 4 is 27.8 Å². The molecule has 1 aromatic rings. The first-order chi connectivity index (χ1) is 8.49.